The molecule has 2 aliphatic carbocycles. The number of hydrogen-bond acceptors (Lipinski definition) is 1. The maximum atomic E-state index is 11.9. The van der Waals surface area contributed by atoms with Gasteiger partial charge in [0.15, 0.2) is 0 Å². The lowest BCUT2D eigenvalue weighted by atomic mass is 9.89. The Morgan fingerprint density at radius 2 is 1.90 bits per heavy atom. The second-order valence-corrected chi connectivity index (χ2v) is 7.50. The van der Waals surface area contributed by atoms with E-state index in [9.17, 15) is 4.79 Å². The lowest BCUT2D eigenvalue weighted by molar-refractivity contribution is -0.119. The van der Waals surface area contributed by atoms with Crippen molar-refractivity contribution in [2.24, 2.45) is 16.7 Å². The van der Waals surface area contributed by atoms with E-state index in [2.05, 4.69) is 44.2 Å². The van der Waals surface area contributed by atoms with Crippen LogP contribution in [0.1, 0.15) is 64.4 Å². The molecule has 114 valence electrons. The molecule has 3 atom stereocenters. The first-order valence-corrected chi connectivity index (χ1v) is 8.68. The molecule has 0 radical (unpaired) electrons. The van der Waals surface area contributed by atoms with Crippen LogP contribution in [0.5, 0.6) is 0 Å². The number of carbonyl (C=O) groups excluding carboxylic acids is 1. The summed E-state index contributed by atoms with van der Waals surface area (Å²) in [7, 11) is 0. The van der Waals surface area contributed by atoms with Crippen molar-refractivity contribution in [3.8, 4) is 0 Å². The Labute approximate surface area is 129 Å². The van der Waals surface area contributed by atoms with Crippen LogP contribution < -0.4 is 0 Å². The average Bonchev–Trinajstić information content (AvgIpc) is 2.79. The van der Waals surface area contributed by atoms with Crippen molar-refractivity contribution < 1.29 is 4.79 Å². The van der Waals surface area contributed by atoms with Gasteiger partial charge in [-0.1, -0.05) is 63.4 Å². The van der Waals surface area contributed by atoms with Gasteiger partial charge in [-0.25, -0.2) is 0 Å². The van der Waals surface area contributed by atoms with Crippen LogP contribution in [-0.2, 0) is 11.2 Å². The van der Waals surface area contributed by atoms with Gasteiger partial charge in [0.2, 0.25) is 0 Å². The fourth-order valence-electron chi connectivity index (χ4n) is 5.19. The minimum Gasteiger partial charge on any atom is -0.300 e. The van der Waals surface area contributed by atoms with Gasteiger partial charge in [-0.2, -0.15) is 0 Å². The summed E-state index contributed by atoms with van der Waals surface area (Å²) in [6.45, 7) is 4.65. The molecule has 3 rings (SSSR count). The summed E-state index contributed by atoms with van der Waals surface area (Å²) in [5, 5.41) is 0. The van der Waals surface area contributed by atoms with E-state index < -0.39 is 0 Å². The van der Waals surface area contributed by atoms with Crippen LogP contribution in [0, 0.1) is 16.7 Å². The molecule has 0 saturated heterocycles. The lowest BCUT2D eigenvalue weighted by Gasteiger charge is -2.14. The summed E-state index contributed by atoms with van der Waals surface area (Å²) >= 11 is 0. The number of Topliss-reactive ketones (excluding diaryl/α,β-unsaturated/α-hetero) is 1. The Kier molecular flexibility index (Phi) is 3.94. The highest BCUT2D eigenvalue weighted by Crippen LogP contribution is 2.79. The van der Waals surface area contributed by atoms with E-state index in [-0.39, 0.29) is 0 Å². The molecule has 1 aromatic carbocycles. The quantitative estimate of drug-likeness (QED) is 0.630. The van der Waals surface area contributed by atoms with Crippen LogP contribution in [0.2, 0.25) is 0 Å². The lowest BCUT2D eigenvalue weighted by Crippen LogP contribution is -2.08. The van der Waals surface area contributed by atoms with Crippen molar-refractivity contribution in [2.45, 2.75) is 65.2 Å². The molecule has 0 N–H and O–H groups in total. The van der Waals surface area contributed by atoms with Crippen molar-refractivity contribution in [3.63, 3.8) is 0 Å². The van der Waals surface area contributed by atoms with Crippen molar-refractivity contribution >= 4 is 5.78 Å². The van der Waals surface area contributed by atoms with Crippen LogP contribution in [-0.4, -0.2) is 5.78 Å². The van der Waals surface area contributed by atoms with Gasteiger partial charge in [0.25, 0.3) is 0 Å². The molecule has 2 aliphatic rings. The number of hydrogen-bond donors (Lipinski definition) is 0. The normalized spacial score (nSPS) is 34.0. The summed E-state index contributed by atoms with van der Waals surface area (Å²) in [4.78, 5) is 11.9. The number of rotatable bonds is 7. The first kappa shape index (κ1) is 14.8. The van der Waals surface area contributed by atoms with E-state index in [1.165, 1.54) is 44.1 Å². The van der Waals surface area contributed by atoms with Crippen LogP contribution in [0.15, 0.2) is 30.3 Å². The van der Waals surface area contributed by atoms with Gasteiger partial charge in [-0.05, 0) is 41.6 Å². The second-order valence-electron chi connectivity index (χ2n) is 7.50. The highest BCUT2D eigenvalue weighted by molar-refractivity contribution is 5.85. The third kappa shape index (κ3) is 2.45. The smallest absolute Gasteiger partial charge is 0.134 e. The zero-order valence-electron chi connectivity index (χ0n) is 13.5. The Bertz CT molecular complexity index is 506. The van der Waals surface area contributed by atoms with E-state index in [1.807, 2.05) is 0 Å². The minimum absolute atomic E-state index is 0.326. The number of fused-ring (bicyclic) bond motifs is 1. The van der Waals surface area contributed by atoms with E-state index in [0.717, 1.165) is 18.8 Å². The largest absolute Gasteiger partial charge is 0.300 e. The van der Waals surface area contributed by atoms with Crippen LogP contribution in [0.25, 0.3) is 0 Å². The minimum atomic E-state index is 0.326. The first-order chi connectivity index (χ1) is 10.1. The molecular formula is C20H28O. The highest BCUT2D eigenvalue weighted by Gasteiger charge is 2.75. The third-order valence-corrected chi connectivity index (χ3v) is 6.36. The predicted octanol–water partition coefficient (Wildman–Crippen LogP) is 5.18. The van der Waals surface area contributed by atoms with Gasteiger partial charge in [-0.3, -0.25) is 4.79 Å². The van der Waals surface area contributed by atoms with Crippen LogP contribution in [0.3, 0.4) is 0 Å². The standard InChI is InChI=1S/C20H28O/c1-3-4-8-13-20-15-17(21)14-19(20,2)18(20)12-11-16-9-6-5-7-10-16/h5-7,9-10,18H,3-4,8,11-15H2,1-2H3/t18-,19-,20+/m1/s1. The predicted molar refractivity (Wildman–Crippen MR) is 87.2 cm³/mol. The van der Waals surface area contributed by atoms with E-state index in [0.29, 0.717) is 16.6 Å². The molecule has 0 amide bonds. The maximum absolute atomic E-state index is 11.9. The zero-order chi connectivity index (χ0) is 14.9. The van der Waals surface area contributed by atoms with Gasteiger partial charge >= 0.3 is 0 Å². The fraction of sp³-hybridized carbons (Fsp3) is 0.650. The molecule has 0 heterocycles. The number of ketones is 1. The van der Waals surface area contributed by atoms with E-state index in [4.69, 9.17) is 0 Å². The molecular weight excluding hydrogens is 256 g/mol. The van der Waals surface area contributed by atoms with Crippen molar-refractivity contribution in [3.05, 3.63) is 35.9 Å². The monoisotopic (exact) mass is 284 g/mol. The molecule has 1 heteroatoms. The molecule has 21 heavy (non-hydrogen) atoms. The summed E-state index contributed by atoms with van der Waals surface area (Å²) in [5.41, 5.74) is 2.14. The van der Waals surface area contributed by atoms with Crippen molar-refractivity contribution in [1.82, 2.24) is 0 Å². The number of unbranched alkanes of at least 4 members (excludes halogenated alkanes) is 2. The number of aryl methyl sites for hydroxylation is 1. The molecule has 1 nitrogen and oxygen atoms in total. The summed E-state index contributed by atoms with van der Waals surface area (Å²) < 4.78 is 0. The number of benzene rings is 1. The maximum Gasteiger partial charge on any atom is 0.134 e. The third-order valence-electron chi connectivity index (χ3n) is 6.36. The molecule has 0 bridgehead atoms. The zero-order valence-corrected chi connectivity index (χ0v) is 13.5. The molecule has 0 unspecified atom stereocenters. The Morgan fingerprint density at radius 3 is 2.62 bits per heavy atom. The van der Waals surface area contributed by atoms with Crippen molar-refractivity contribution in [1.29, 1.82) is 0 Å². The summed E-state index contributed by atoms with van der Waals surface area (Å²) in [6.07, 6.45) is 9.33. The Balaban J connectivity index is 1.64. The Morgan fingerprint density at radius 1 is 1.14 bits per heavy atom. The van der Waals surface area contributed by atoms with Crippen LogP contribution >= 0.6 is 0 Å². The fourth-order valence-corrected chi connectivity index (χ4v) is 5.19. The van der Waals surface area contributed by atoms with Gasteiger partial charge in [0.05, 0.1) is 0 Å². The topological polar surface area (TPSA) is 17.1 Å². The molecule has 1 aromatic rings. The Hall–Kier alpha value is -1.11. The molecule has 0 aliphatic heterocycles. The first-order valence-electron chi connectivity index (χ1n) is 8.68. The summed E-state index contributed by atoms with van der Waals surface area (Å²) in [5.74, 6) is 1.30. The number of carbonyl (C=O) groups is 1. The van der Waals surface area contributed by atoms with Crippen molar-refractivity contribution in [2.75, 3.05) is 0 Å². The molecule has 0 aromatic heterocycles. The van der Waals surface area contributed by atoms with E-state index in [1.54, 1.807) is 0 Å². The molecule has 2 fully saturated rings. The van der Waals surface area contributed by atoms with Crippen LogP contribution in [0.4, 0.5) is 0 Å². The van der Waals surface area contributed by atoms with Gasteiger partial charge in [-0.15, -0.1) is 0 Å². The molecule has 2 saturated carbocycles. The van der Waals surface area contributed by atoms with Gasteiger partial charge in [0.1, 0.15) is 5.78 Å². The summed E-state index contributed by atoms with van der Waals surface area (Å²) in [6, 6.07) is 10.8. The second kappa shape index (κ2) is 5.59. The van der Waals surface area contributed by atoms with Gasteiger partial charge in [0, 0.05) is 12.8 Å². The highest BCUT2D eigenvalue weighted by atomic mass is 16.1. The van der Waals surface area contributed by atoms with E-state index >= 15 is 0 Å². The average molecular weight is 284 g/mol. The molecule has 0 spiro atoms. The van der Waals surface area contributed by atoms with Gasteiger partial charge < -0.3 is 0 Å². The SMILES string of the molecule is CCCCC[C@@]12CC(=O)C[C@]1(C)[C@H]2CCc1ccccc1.